The van der Waals surface area contributed by atoms with Gasteiger partial charge in [-0.15, -0.1) is 0 Å². The largest absolute Gasteiger partial charge is 0.477 e. The van der Waals surface area contributed by atoms with Crippen molar-refractivity contribution < 1.29 is 23.1 Å². The second kappa shape index (κ2) is 8.53. The van der Waals surface area contributed by atoms with Crippen LogP contribution in [0.1, 0.15) is 15.9 Å². The summed E-state index contributed by atoms with van der Waals surface area (Å²) in [5, 5.41) is 11.7. The maximum atomic E-state index is 12.6. The van der Waals surface area contributed by atoms with Crippen LogP contribution in [0.2, 0.25) is 0 Å². The molecule has 1 amide bonds. The molecular formula is C22H17NO5S. The van der Waals surface area contributed by atoms with Gasteiger partial charge in [0.1, 0.15) is 5.70 Å². The standard InChI is InChI=1S/C22H17NO5S/c24-21(17-7-3-1-4-8-17)23-20(22(25)26)15-16-11-13-19(14-12-16)29(27,28)18-9-5-2-6-10-18/h1-15H,(H,23,24)(H,25,26). The van der Waals surface area contributed by atoms with Gasteiger partial charge < -0.3 is 10.4 Å². The van der Waals surface area contributed by atoms with Crippen LogP contribution >= 0.6 is 0 Å². The molecule has 0 heterocycles. The van der Waals surface area contributed by atoms with E-state index in [0.717, 1.165) is 0 Å². The number of carboxylic acids is 1. The molecule has 0 aliphatic rings. The van der Waals surface area contributed by atoms with Gasteiger partial charge in [-0.1, -0.05) is 48.5 Å². The van der Waals surface area contributed by atoms with Gasteiger partial charge >= 0.3 is 5.97 Å². The molecule has 0 saturated carbocycles. The van der Waals surface area contributed by atoms with Crippen molar-refractivity contribution in [3.63, 3.8) is 0 Å². The molecule has 3 aromatic rings. The molecule has 0 saturated heterocycles. The zero-order valence-electron chi connectivity index (χ0n) is 15.1. The van der Waals surface area contributed by atoms with Crippen molar-refractivity contribution in [2.24, 2.45) is 0 Å². The van der Waals surface area contributed by atoms with Crippen LogP contribution in [0.3, 0.4) is 0 Å². The number of sulfone groups is 1. The number of benzene rings is 3. The van der Waals surface area contributed by atoms with Crippen LogP contribution in [0.5, 0.6) is 0 Å². The summed E-state index contributed by atoms with van der Waals surface area (Å²) < 4.78 is 25.2. The summed E-state index contributed by atoms with van der Waals surface area (Å²) in [7, 11) is -3.66. The van der Waals surface area contributed by atoms with E-state index >= 15 is 0 Å². The first-order valence-corrected chi connectivity index (χ1v) is 10.1. The average molecular weight is 407 g/mol. The van der Waals surface area contributed by atoms with Gasteiger partial charge in [-0.2, -0.15) is 0 Å². The topological polar surface area (TPSA) is 101 Å². The fourth-order valence-electron chi connectivity index (χ4n) is 2.58. The summed E-state index contributed by atoms with van der Waals surface area (Å²) >= 11 is 0. The van der Waals surface area contributed by atoms with Gasteiger partial charge in [0.05, 0.1) is 9.79 Å². The molecule has 0 atom stereocenters. The van der Waals surface area contributed by atoms with Gasteiger partial charge in [0.15, 0.2) is 0 Å². The Morgan fingerprint density at radius 1 is 0.759 bits per heavy atom. The molecule has 2 N–H and O–H groups in total. The van der Waals surface area contributed by atoms with E-state index in [2.05, 4.69) is 5.32 Å². The summed E-state index contributed by atoms with van der Waals surface area (Å²) in [6.07, 6.45) is 1.27. The minimum absolute atomic E-state index is 0.0889. The highest BCUT2D eigenvalue weighted by molar-refractivity contribution is 7.91. The number of hydrogen-bond donors (Lipinski definition) is 2. The lowest BCUT2D eigenvalue weighted by molar-refractivity contribution is -0.132. The predicted octanol–water partition coefficient (Wildman–Crippen LogP) is 3.37. The SMILES string of the molecule is O=C(O)C(=Cc1ccc(S(=O)(=O)c2ccccc2)cc1)NC(=O)c1ccccc1. The van der Waals surface area contributed by atoms with E-state index in [1.165, 1.54) is 42.5 Å². The summed E-state index contributed by atoms with van der Waals surface area (Å²) in [4.78, 5) is 24.0. The minimum atomic E-state index is -3.66. The van der Waals surface area contributed by atoms with Crippen LogP contribution in [-0.4, -0.2) is 25.4 Å². The molecule has 0 aromatic heterocycles. The molecule has 146 valence electrons. The van der Waals surface area contributed by atoms with E-state index in [4.69, 9.17) is 0 Å². The van der Waals surface area contributed by atoms with Crippen molar-refractivity contribution >= 4 is 27.8 Å². The normalized spacial score (nSPS) is 11.7. The minimum Gasteiger partial charge on any atom is -0.477 e. The van der Waals surface area contributed by atoms with Crippen molar-refractivity contribution in [1.82, 2.24) is 5.32 Å². The third kappa shape index (κ3) is 4.77. The average Bonchev–Trinajstić information content (AvgIpc) is 2.74. The molecular weight excluding hydrogens is 390 g/mol. The Morgan fingerprint density at radius 3 is 1.83 bits per heavy atom. The first-order chi connectivity index (χ1) is 13.9. The van der Waals surface area contributed by atoms with Gasteiger partial charge in [0, 0.05) is 5.56 Å². The van der Waals surface area contributed by atoms with Crippen LogP contribution in [0.25, 0.3) is 6.08 Å². The maximum Gasteiger partial charge on any atom is 0.352 e. The molecule has 29 heavy (non-hydrogen) atoms. The Morgan fingerprint density at radius 2 is 1.28 bits per heavy atom. The Balaban J connectivity index is 1.85. The molecule has 0 bridgehead atoms. The van der Waals surface area contributed by atoms with Crippen LogP contribution < -0.4 is 5.32 Å². The van der Waals surface area contributed by atoms with E-state index in [9.17, 15) is 23.1 Å². The molecule has 0 aliphatic carbocycles. The van der Waals surface area contributed by atoms with E-state index in [1.54, 1.807) is 48.5 Å². The fourth-order valence-corrected chi connectivity index (χ4v) is 3.86. The molecule has 3 aromatic carbocycles. The molecule has 0 fully saturated rings. The lowest BCUT2D eigenvalue weighted by Gasteiger charge is -2.07. The number of nitrogens with one attached hydrogen (secondary N) is 1. The van der Waals surface area contributed by atoms with Gasteiger partial charge in [0.2, 0.25) is 9.84 Å². The highest BCUT2D eigenvalue weighted by Crippen LogP contribution is 2.21. The number of rotatable bonds is 6. The monoisotopic (exact) mass is 407 g/mol. The molecule has 3 rings (SSSR count). The van der Waals surface area contributed by atoms with Gasteiger partial charge in [0.25, 0.3) is 5.91 Å². The third-order valence-electron chi connectivity index (χ3n) is 4.07. The van der Waals surface area contributed by atoms with E-state index in [1.807, 2.05) is 0 Å². The Bertz CT molecular complexity index is 1150. The quantitative estimate of drug-likeness (QED) is 0.610. The highest BCUT2D eigenvalue weighted by Gasteiger charge is 2.17. The second-order valence-electron chi connectivity index (χ2n) is 6.07. The first kappa shape index (κ1) is 20.0. The number of amides is 1. The zero-order valence-corrected chi connectivity index (χ0v) is 16.0. The van der Waals surface area contributed by atoms with Crippen molar-refractivity contribution in [3.05, 3.63) is 102 Å². The number of carbonyl (C=O) groups excluding carboxylic acids is 1. The van der Waals surface area contributed by atoms with Crippen molar-refractivity contribution in [2.45, 2.75) is 9.79 Å². The van der Waals surface area contributed by atoms with Crippen LogP contribution in [0, 0.1) is 0 Å². The van der Waals surface area contributed by atoms with Crippen LogP contribution in [0.4, 0.5) is 0 Å². The maximum absolute atomic E-state index is 12.6. The fraction of sp³-hybridized carbons (Fsp3) is 0. The molecule has 0 spiro atoms. The summed E-state index contributed by atoms with van der Waals surface area (Å²) in [5.41, 5.74) is 0.434. The van der Waals surface area contributed by atoms with Gasteiger partial charge in [-0.25, -0.2) is 13.2 Å². The first-order valence-electron chi connectivity index (χ1n) is 8.59. The zero-order chi connectivity index (χ0) is 20.9. The number of hydrogen-bond acceptors (Lipinski definition) is 4. The summed E-state index contributed by atoms with van der Waals surface area (Å²) in [6.45, 7) is 0. The van der Waals surface area contributed by atoms with Gasteiger partial charge in [-0.3, -0.25) is 4.79 Å². The number of carboxylic acid groups (broad SMARTS) is 1. The van der Waals surface area contributed by atoms with Crippen molar-refractivity contribution in [3.8, 4) is 0 Å². The number of carbonyl (C=O) groups is 2. The van der Waals surface area contributed by atoms with E-state index in [-0.39, 0.29) is 15.5 Å². The van der Waals surface area contributed by atoms with E-state index < -0.39 is 21.7 Å². The lowest BCUT2D eigenvalue weighted by Crippen LogP contribution is -2.27. The predicted molar refractivity (Wildman–Crippen MR) is 108 cm³/mol. The van der Waals surface area contributed by atoms with Crippen LogP contribution in [0.15, 0.2) is 100 Å². The highest BCUT2D eigenvalue weighted by atomic mass is 32.2. The summed E-state index contributed by atoms with van der Waals surface area (Å²) in [5.74, 6) is -1.86. The molecule has 0 radical (unpaired) electrons. The molecule has 6 nitrogen and oxygen atoms in total. The lowest BCUT2D eigenvalue weighted by atomic mass is 10.1. The van der Waals surface area contributed by atoms with E-state index in [0.29, 0.717) is 11.1 Å². The van der Waals surface area contributed by atoms with Crippen molar-refractivity contribution in [1.29, 1.82) is 0 Å². The van der Waals surface area contributed by atoms with Crippen LogP contribution in [-0.2, 0) is 14.6 Å². The molecule has 7 heteroatoms. The summed E-state index contributed by atoms with van der Waals surface area (Å²) in [6, 6.07) is 22.0. The smallest absolute Gasteiger partial charge is 0.352 e. The molecule has 0 aliphatic heterocycles. The van der Waals surface area contributed by atoms with Crippen molar-refractivity contribution in [2.75, 3.05) is 0 Å². The molecule has 0 unspecified atom stereocenters. The number of aliphatic carboxylic acids is 1. The van der Waals surface area contributed by atoms with Gasteiger partial charge in [-0.05, 0) is 48.0 Å². The second-order valence-corrected chi connectivity index (χ2v) is 8.02. The Kier molecular flexibility index (Phi) is 5.90. The third-order valence-corrected chi connectivity index (χ3v) is 5.86. The Labute approximate surface area is 168 Å². The Hall–Kier alpha value is -3.71.